The maximum Gasteiger partial charge on any atom is 0.0146 e. The molecule has 0 aliphatic heterocycles. The van der Waals surface area contributed by atoms with E-state index >= 15 is 0 Å². The summed E-state index contributed by atoms with van der Waals surface area (Å²) in [5.74, 6) is 0. The van der Waals surface area contributed by atoms with E-state index in [1.165, 1.54) is 60.8 Å². The molecule has 0 bridgehead atoms. The van der Waals surface area contributed by atoms with Gasteiger partial charge in [0.2, 0.25) is 0 Å². The minimum atomic E-state index is 0.0621. The lowest BCUT2D eigenvalue weighted by Crippen LogP contribution is -2.18. The van der Waals surface area contributed by atoms with Gasteiger partial charge in [-0.1, -0.05) is 89.1 Å². The number of benzene rings is 2. The van der Waals surface area contributed by atoms with Crippen molar-refractivity contribution in [2.45, 2.75) is 71.6 Å². The van der Waals surface area contributed by atoms with Gasteiger partial charge in [0.15, 0.2) is 0 Å². The first-order valence-corrected chi connectivity index (χ1v) is 9.26. The molecule has 0 spiro atoms. The van der Waals surface area contributed by atoms with Crippen molar-refractivity contribution in [2.24, 2.45) is 0 Å². The quantitative estimate of drug-likeness (QED) is 0.509. The highest BCUT2D eigenvalue weighted by Gasteiger charge is 2.22. The molecule has 2 rings (SSSR count). The number of hydrogen-bond donors (Lipinski definition) is 0. The van der Waals surface area contributed by atoms with E-state index in [4.69, 9.17) is 0 Å². The van der Waals surface area contributed by atoms with Gasteiger partial charge in [-0.15, -0.1) is 0 Å². The zero-order chi connectivity index (χ0) is 16.7. The van der Waals surface area contributed by atoms with E-state index in [-0.39, 0.29) is 5.41 Å². The SMILES string of the molecule is CCCCc1ccc(C(C)(C)c2ccc(CCCC)cc2)cc1. The molecule has 0 atom stereocenters. The number of hydrogen-bond acceptors (Lipinski definition) is 0. The highest BCUT2D eigenvalue weighted by molar-refractivity contribution is 5.39. The Labute approximate surface area is 143 Å². The van der Waals surface area contributed by atoms with Crippen molar-refractivity contribution >= 4 is 0 Å². The molecule has 0 heteroatoms. The third-order valence-corrected chi connectivity index (χ3v) is 4.99. The normalized spacial score (nSPS) is 11.7. The molecule has 0 aliphatic carbocycles. The zero-order valence-corrected chi connectivity index (χ0v) is 15.4. The molecule has 0 unspecified atom stereocenters. The van der Waals surface area contributed by atoms with E-state index < -0.39 is 0 Å². The Morgan fingerprint density at radius 3 is 1.26 bits per heavy atom. The molecule has 0 aromatic heterocycles. The summed E-state index contributed by atoms with van der Waals surface area (Å²) in [6, 6.07) is 18.5. The first kappa shape index (κ1) is 17.8. The van der Waals surface area contributed by atoms with E-state index in [2.05, 4.69) is 76.2 Å². The lowest BCUT2D eigenvalue weighted by Gasteiger charge is -2.26. The second kappa shape index (κ2) is 8.34. The molecular weight excluding hydrogens is 276 g/mol. The van der Waals surface area contributed by atoms with Crippen LogP contribution >= 0.6 is 0 Å². The summed E-state index contributed by atoms with van der Waals surface area (Å²) in [7, 11) is 0. The fourth-order valence-corrected chi connectivity index (χ4v) is 3.10. The minimum absolute atomic E-state index is 0.0621. The van der Waals surface area contributed by atoms with Gasteiger partial charge in [0.05, 0.1) is 0 Å². The molecule has 2 aromatic rings. The van der Waals surface area contributed by atoms with Gasteiger partial charge in [-0.3, -0.25) is 0 Å². The Balaban J connectivity index is 2.13. The maximum atomic E-state index is 2.33. The van der Waals surface area contributed by atoms with Crippen LogP contribution in [0.3, 0.4) is 0 Å². The highest BCUT2D eigenvalue weighted by atomic mass is 14.3. The van der Waals surface area contributed by atoms with Crippen molar-refractivity contribution in [1.29, 1.82) is 0 Å². The van der Waals surface area contributed by atoms with Crippen LogP contribution in [0.5, 0.6) is 0 Å². The summed E-state index contributed by atoms with van der Waals surface area (Å²) in [6.45, 7) is 9.16. The Hall–Kier alpha value is -1.56. The van der Waals surface area contributed by atoms with E-state index in [1.807, 2.05) is 0 Å². The van der Waals surface area contributed by atoms with Crippen LogP contribution < -0.4 is 0 Å². The lowest BCUT2D eigenvalue weighted by molar-refractivity contribution is 0.639. The molecule has 0 fully saturated rings. The van der Waals surface area contributed by atoms with Gasteiger partial charge < -0.3 is 0 Å². The summed E-state index contributed by atoms with van der Waals surface area (Å²) >= 11 is 0. The summed E-state index contributed by atoms with van der Waals surface area (Å²) in [5, 5.41) is 0. The maximum absolute atomic E-state index is 2.33. The van der Waals surface area contributed by atoms with Gasteiger partial charge in [0, 0.05) is 5.41 Å². The van der Waals surface area contributed by atoms with Gasteiger partial charge >= 0.3 is 0 Å². The van der Waals surface area contributed by atoms with Gasteiger partial charge in [-0.25, -0.2) is 0 Å². The lowest BCUT2D eigenvalue weighted by atomic mass is 9.77. The number of aryl methyl sites for hydroxylation is 2. The van der Waals surface area contributed by atoms with Crippen LogP contribution in [0.25, 0.3) is 0 Å². The molecular formula is C23H32. The van der Waals surface area contributed by atoms with Crippen LogP contribution in [0, 0.1) is 0 Å². The van der Waals surface area contributed by atoms with Crippen molar-refractivity contribution < 1.29 is 0 Å². The molecule has 0 amide bonds. The van der Waals surface area contributed by atoms with Crippen LogP contribution in [0.4, 0.5) is 0 Å². The largest absolute Gasteiger partial charge is 0.0654 e. The summed E-state index contributed by atoms with van der Waals surface area (Å²) < 4.78 is 0. The Bertz CT molecular complexity index is 519. The Kier molecular flexibility index (Phi) is 6.45. The van der Waals surface area contributed by atoms with Gasteiger partial charge in [0.25, 0.3) is 0 Å². The summed E-state index contributed by atoms with van der Waals surface area (Å²) in [6.07, 6.45) is 7.48. The first-order chi connectivity index (χ1) is 11.1. The third-order valence-electron chi connectivity index (χ3n) is 4.99. The van der Waals surface area contributed by atoms with Gasteiger partial charge in [0.1, 0.15) is 0 Å². The minimum Gasteiger partial charge on any atom is -0.0654 e. The van der Waals surface area contributed by atoms with Gasteiger partial charge in [-0.05, 0) is 47.9 Å². The average Bonchev–Trinajstić information content (AvgIpc) is 2.59. The van der Waals surface area contributed by atoms with Crippen molar-refractivity contribution in [3.05, 3.63) is 70.8 Å². The average molecular weight is 309 g/mol. The van der Waals surface area contributed by atoms with Crippen molar-refractivity contribution in [3.63, 3.8) is 0 Å². The second-order valence-electron chi connectivity index (χ2n) is 7.23. The van der Waals surface area contributed by atoms with Crippen molar-refractivity contribution in [3.8, 4) is 0 Å². The van der Waals surface area contributed by atoms with E-state index in [9.17, 15) is 0 Å². The highest BCUT2D eigenvalue weighted by Crippen LogP contribution is 2.32. The van der Waals surface area contributed by atoms with E-state index in [0.29, 0.717) is 0 Å². The smallest absolute Gasteiger partial charge is 0.0146 e. The van der Waals surface area contributed by atoms with E-state index in [0.717, 1.165) is 0 Å². The van der Waals surface area contributed by atoms with Crippen molar-refractivity contribution in [2.75, 3.05) is 0 Å². The molecule has 124 valence electrons. The summed E-state index contributed by atoms with van der Waals surface area (Å²) in [5.41, 5.74) is 5.78. The molecule has 0 saturated heterocycles. The number of unbranched alkanes of at least 4 members (excludes halogenated alkanes) is 2. The van der Waals surface area contributed by atoms with Crippen LogP contribution in [0.2, 0.25) is 0 Å². The van der Waals surface area contributed by atoms with Crippen LogP contribution in [0.1, 0.15) is 75.6 Å². The van der Waals surface area contributed by atoms with Crippen LogP contribution in [0.15, 0.2) is 48.5 Å². The van der Waals surface area contributed by atoms with Crippen LogP contribution in [-0.4, -0.2) is 0 Å². The molecule has 0 aliphatic rings. The van der Waals surface area contributed by atoms with Crippen molar-refractivity contribution in [1.82, 2.24) is 0 Å². The third kappa shape index (κ3) is 4.70. The Morgan fingerprint density at radius 1 is 0.609 bits per heavy atom. The standard InChI is InChI=1S/C23H32/c1-5-7-9-19-11-15-21(16-12-19)23(3,4)22-17-13-20(14-18-22)10-8-6-2/h11-18H,5-10H2,1-4H3. The molecule has 0 radical (unpaired) electrons. The Morgan fingerprint density at radius 2 is 0.957 bits per heavy atom. The predicted molar refractivity (Wildman–Crippen MR) is 102 cm³/mol. The number of rotatable bonds is 8. The molecule has 0 saturated carbocycles. The van der Waals surface area contributed by atoms with Crippen LogP contribution in [-0.2, 0) is 18.3 Å². The molecule has 0 heterocycles. The molecule has 0 nitrogen and oxygen atoms in total. The topological polar surface area (TPSA) is 0 Å². The fourth-order valence-electron chi connectivity index (χ4n) is 3.10. The second-order valence-corrected chi connectivity index (χ2v) is 7.23. The summed E-state index contributed by atoms with van der Waals surface area (Å²) in [4.78, 5) is 0. The van der Waals surface area contributed by atoms with Gasteiger partial charge in [-0.2, -0.15) is 0 Å². The first-order valence-electron chi connectivity index (χ1n) is 9.26. The molecule has 0 N–H and O–H groups in total. The monoisotopic (exact) mass is 308 g/mol. The van der Waals surface area contributed by atoms with E-state index in [1.54, 1.807) is 0 Å². The predicted octanol–water partition coefficient (Wildman–Crippen LogP) is 6.70. The molecule has 2 aromatic carbocycles. The zero-order valence-electron chi connectivity index (χ0n) is 15.4. The fraction of sp³-hybridized carbons (Fsp3) is 0.478. The molecule has 23 heavy (non-hydrogen) atoms.